The van der Waals surface area contributed by atoms with E-state index in [1.165, 1.54) is 30.9 Å². The molecular formula is C55H34N4S. The lowest BCUT2D eigenvalue weighted by Gasteiger charge is -2.16. The van der Waals surface area contributed by atoms with Crippen molar-refractivity contribution in [1.29, 1.82) is 0 Å². The second kappa shape index (κ2) is 14.0. The van der Waals surface area contributed by atoms with E-state index < -0.39 is 36.3 Å². The second-order valence-electron chi connectivity index (χ2n) is 14.6. The minimum absolute atomic E-state index is 0.00389. The van der Waals surface area contributed by atoms with Crippen molar-refractivity contribution in [2.24, 2.45) is 0 Å². The average Bonchev–Trinajstić information content (AvgIpc) is 3.96. The molecule has 0 saturated carbocycles. The standard InChI is InChI=1S/C55H34N4S/c1-3-15-35(16-4-1)41-31-29-40(34-49(41)59-47-27-11-9-23-44(47)45-24-10-12-28-48(45)59)55-57-53(37-18-5-2-6-19-37)56-54(58-55)39-21-13-20-38(33-39)43-25-14-26-46-51-42-22-8-7-17-36(42)30-32-50(51)60-52(43)46/h1-34H/i9D,10D,11D,12D,23D,24D,27D,28D. The van der Waals surface area contributed by atoms with Crippen LogP contribution in [0.5, 0.6) is 0 Å². The van der Waals surface area contributed by atoms with Crippen molar-refractivity contribution in [3.05, 3.63) is 206 Å². The molecule has 12 rings (SSSR count). The largest absolute Gasteiger partial charge is 0.309 e. The van der Waals surface area contributed by atoms with Crippen molar-refractivity contribution in [1.82, 2.24) is 19.5 Å². The van der Waals surface area contributed by atoms with Crippen LogP contribution in [0.4, 0.5) is 0 Å². The molecule has 4 nitrogen and oxygen atoms in total. The summed E-state index contributed by atoms with van der Waals surface area (Å²) in [7, 11) is 0. The third-order valence-electron chi connectivity index (χ3n) is 11.1. The number of thiophene rings is 1. The number of rotatable bonds is 6. The van der Waals surface area contributed by atoms with Crippen LogP contribution in [0.15, 0.2) is 206 Å². The summed E-state index contributed by atoms with van der Waals surface area (Å²) in [6.07, 6.45) is 0. The Hall–Kier alpha value is -7.73. The Kier molecular flexibility index (Phi) is 6.30. The first-order chi connectivity index (χ1) is 33.1. The quantitative estimate of drug-likeness (QED) is 0.168. The van der Waals surface area contributed by atoms with Gasteiger partial charge in [0, 0.05) is 53.2 Å². The lowest BCUT2D eigenvalue weighted by molar-refractivity contribution is 1.07. The van der Waals surface area contributed by atoms with Gasteiger partial charge in [0.2, 0.25) is 0 Å². The van der Waals surface area contributed by atoms with Crippen molar-refractivity contribution < 1.29 is 11.0 Å². The first-order valence-electron chi connectivity index (χ1n) is 23.5. The van der Waals surface area contributed by atoms with E-state index in [4.69, 9.17) is 23.2 Å². The van der Waals surface area contributed by atoms with Crippen LogP contribution < -0.4 is 0 Å². The molecule has 0 fully saturated rings. The molecular weight excluding hydrogens is 749 g/mol. The third kappa shape index (κ3) is 5.63. The first kappa shape index (κ1) is 27.0. The summed E-state index contributed by atoms with van der Waals surface area (Å²) in [6.45, 7) is 0. The SMILES string of the molecule is [2H]c1c([2H])c([2H])c2c(c1[2H])c1c([2H])c([2H])c([2H])c([2H])c1n2-c1cc(-c2nc(-c3ccccc3)nc(-c3cccc(-c4cccc5c4sc4ccc6ccccc6c45)c3)n2)ccc1-c1ccccc1. The first-order valence-corrected chi connectivity index (χ1v) is 20.4. The summed E-state index contributed by atoms with van der Waals surface area (Å²) < 4.78 is 75.3. The minimum atomic E-state index is -0.504. The smallest absolute Gasteiger partial charge is 0.164 e. The number of fused-ring (bicyclic) bond motifs is 8. The van der Waals surface area contributed by atoms with Crippen molar-refractivity contribution in [2.45, 2.75) is 0 Å². The molecule has 0 unspecified atom stereocenters. The van der Waals surface area contributed by atoms with E-state index >= 15 is 0 Å². The van der Waals surface area contributed by atoms with Gasteiger partial charge in [0.25, 0.3) is 0 Å². The Morgan fingerprint density at radius 2 is 1.00 bits per heavy atom. The number of hydrogen-bond donors (Lipinski definition) is 0. The summed E-state index contributed by atoms with van der Waals surface area (Å²) in [4.78, 5) is 15.3. The molecule has 12 aromatic rings. The van der Waals surface area contributed by atoms with Crippen molar-refractivity contribution in [3.63, 3.8) is 0 Å². The van der Waals surface area contributed by atoms with E-state index in [1.54, 1.807) is 15.9 Å². The Labute approximate surface area is 361 Å². The molecule has 0 atom stereocenters. The maximum atomic E-state index is 9.26. The van der Waals surface area contributed by atoms with Crippen LogP contribution in [-0.4, -0.2) is 19.5 Å². The van der Waals surface area contributed by atoms with Crippen LogP contribution in [0.3, 0.4) is 0 Å². The molecule has 280 valence electrons. The van der Waals surface area contributed by atoms with Gasteiger partial charge in [-0.2, -0.15) is 0 Å². The molecule has 0 spiro atoms. The van der Waals surface area contributed by atoms with E-state index in [2.05, 4.69) is 66.7 Å². The van der Waals surface area contributed by atoms with Crippen LogP contribution in [0.2, 0.25) is 0 Å². The van der Waals surface area contributed by atoms with Gasteiger partial charge < -0.3 is 4.57 Å². The van der Waals surface area contributed by atoms with Gasteiger partial charge in [0.1, 0.15) is 0 Å². The van der Waals surface area contributed by atoms with E-state index in [-0.39, 0.29) is 33.9 Å². The van der Waals surface area contributed by atoms with Gasteiger partial charge in [-0.25, -0.2) is 15.0 Å². The molecule has 3 heterocycles. The van der Waals surface area contributed by atoms with Gasteiger partial charge in [0.15, 0.2) is 17.5 Å². The maximum Gasteiger partial charge on any atom is 0.164 e. The molecule has 0 saturated heterocycles. The Morgan fingerprint density at radius 3 is 1.75 bits per heavy atom. The number of nitrogens with zero attached hydrogens (tertiary/aromatic N) is 4. The minimum Gasteiger partial charge on any atom is -0.309 e. The highest BCUT2D eigenvalue weighted by molar-refractivity contribution is 7.26. The fraction of sp³-hybridized carbons (Fsp3) is 0. The predicted octanol–water partition coefficient (Wildman–Crippen LogP) is 14.8. The summed E-state index contributed by atoms with van der Waals surface area (Å²) in [5.41, 5.74) is 6.02. The fourth-order valence-corrected chi connectivity index (χ4v) is 9.60. The summed E-state index contributed by atoms with van der Waals surface area (Å²) in [5, 5.41) is 4.86. The van der Waals surface area contributed by atoms with E-state index in [0.717, 1.165) is 27.8 Å². The van der Waals surface area contributed by atoms with Crippen LogP contribution >= 0.6 is 11.3 Å². The molecule has 0 bridgehead atoms. The van der Waals surface area contributed by atoms with Gasteiger partial charge in [-0.05, 0) is 57.7 Å². The number of aromatic nitrogens is 4. The normalized spacial score (nSPS) is 13.5. The van der Waals surface area contributed by atoms with Gasteiger partial charge in [-0.3, -0.25) is 0 Å². The molecule has 5 heteroatoms. The highest BCUT2D eigenvalue weighted by atomic mass is 32.1. The molecule has 0 N–H and O–H groups in total. The van der Waals surface area contributed by atoms with E-state index in [0.29, 0.717) is 34.3 Å². The molecule has 0 amide bonds. The van der Waals surface area contributed by atoms with Gasteiger partial charge in [0.05, 0.1) is 27.7 Å². The zero-order chi connectivity index (χ0) is 46.5. The fourth-order valence-electron chi connectivity index (χ4n) is 8.35. The average molecular weight is 791 g/mol. The van der Waals surface area contributed by atoms with Gasteiger partial charge >= 0.3 is 0 Å². The van der Waals surface area contributed by atoms with Gasteiger partial charge in [-0.1, -0.05) is 176 Å². The molecule has 0 aliphatic carbocycles. The van der Waals surface area contributed by atoms with Crippen LogP contribution in [0.25, 0.3) is 115 Å². The van der Waals surface area contributed by atoms with Crippen molar-refractivity contribution >= 4 is 64.1 Å². The van der Waals surface area contributed by atoms with Crippen molar-refractivity contribution in [2.75, 3.05) is 0 Å². The Bertz CT molecular complexity index is 4000. The molecule has 0 aliphatic rings. The lowest BCUT2D eigenvalue weighted by atomic mass is 9.98. The van der Waals surface area contributed by atoms with Crippen molar-refractivity contribution in [3.8, 4) is 62.1 Å². The molecule has 60 heavy (non-hydrogen) atoms. The van der Waals surface area contributed by atoms with Crippen LogP contribution in [0, 0.1) is 0 Å². The Morgan fingerprint density at radius 1 is 0.417 bits per heavy atom. The van der Waals surface area contributed by atoms with Crippen LogP contribution in [-0.2, 0) is 0 Å². The molecule has 9 aromatic carbocycles. The van der Waals surface area contributed by atoms with E-state index in [1.807, 2.05) is 91.0 Å². The van der Waals surface area contributed by atoms with Gasteiger partial charge in [-0.15, -0.1) is 11.3 Å². The monoisotopic (exact) mass is 790 g/mol. The number of para-hydroxylation sites is 2. The summed E-state index contributed by atoms with van der Waals surface area (Å²) in [6, 6.07) is 48.7. The second-order valence-corrected chi connectivity index (χ2v) is 15.6. The highest BCUT2D eigenvalue weighted by Crippen LogP contribution is 2.44. The summed E-state index contributed by atoms with van der Waals surface area (Å²) >= 11 is 1.78. The Balaban J connectivity index is 1.10. The van der Waals surface area contributed by atoms with E-state index in [9.17, 15) is 2.74 Å². The maximum absolute atomic E-state index is 9.26. The predicted molar refractivity (Wildman–Crippen MR) is 252 cm³/mol. The number of hydrogen-bond acceptors (Lipinski definition) is 4. The molecule has 3 aromatic heterocycles. The topological polar surface area (TPSA) is 43.6 Å². The summed E-state index contributed by atoms with van der Waals surface area (Å²) in [5.74, 6) is 1.19. The zero-order valence-corrected chi connectivity index (χ0v) is 32.5. The molecule has 0 aliphatic heterocycles. The third-order valence-corrected chi connectivity index (χ3v) is 12.3. The highest BCUT2D eigenvalue weighted by Gasteiger charge is 2.20. The number of benzene rings is 9. The zero-order valence-electron chi connectivity index (χ0n) is 39.7. The lowest BCUT2D eigenvalue weighted by Crippen LogP contribution is -2.02. The van der Waals surface area contributed by atoms with Crippen LogP contribution in [0.1, 0.15) is 11.0 Å². The molecule has 0 radical (unpaired) electrons.